The Hall–Kier alpha value is -0.180. The van der Waals surface area contributed by atoms with Gasteiger partial charge in [-0.25, -0.2) is 21.1 Å². The van der Waals surface area contributed by atoms with Crippen molar-refractivity contribution in [3.8, 4) is 0 Å². The van der Waals surface area contributed by atoms with E-state index in [1.807, 2.05) is 0 Å². The van der Waals surface area contributed by atoms with E-state index in [4.69, 9.17) is 5.73 Å². The van der Waals surface area contributed by atoms with Gasteiger partial charge in [-0.3, -0.25) is 0 Å². The minimum atomic E-state index is -3.34. The van der Waals surface area contributed by atoms with Crippen molar-refractivity contribution in [1.29, 1.82) is 0 Å². The maximum atomic E-state index is 11.6. The van der Waals surface area contributed by atoms with Crippen LogP contribution >= 0.6 is 0 Å². The van der Waals surface area contributed by atoms with Crippen molar-refractivity contribution in [2.75, 3.05) is 37.9 Å². The zero-order valence-corrected chi connectivity index (χ0v) is 11.3. The third-order valence-corrected chi connectivity index (χ3v) is 4.97. The first-order chi connectivity index (χ1) is 7.19. The molecule has 0 spiro atoms. The van der Waals surface area contributed by atoms with Crippen molar-refractivity contribution in [1.82, 2.24) is 4.31 Å². The van der Waals surface area contributed by atoms with Crippen LogP contribution in [-0.2, 0) is 19.9 Å². The summed E-state index contributed by atoms with van der Waals surface area (Å²) in [6.07, 6.45) is 2.24. The number of nitrogens with two attached hydrogens (primary N) is 1. The van der Waals surface area contributed by atoms with E-state index in [1.54, 1.807) is 0 Å². The molecule has 0 rings (SSSR count). The van der Waals surface area contributed by atoms with Gasteiger partial charge in [0.15, 0.2) is 0 Å². The van der Waals surface area contributed by atoms with Crippen LogP contribution in [0, 0.1) is 0 Å². The summed E-state index contributed by atoms with van der Waals surface area (Å²) in [7, 11) is -5.08. The van der Waals surface area contributed by atoms with E-state index in [0.29, 0.717) is 19.4 Å². The molecule has 0 atom stereocenters. The Kier molecular flexibility index (Phi) is 6.46. The van der Waals surface area contributed by atoms with Crippen molar-refractivity contribution in [2.45, 2.75) is 12.8 Å². The van der Waals surface area contributed by atoms with Gasteiger partial charge in [-0.05, 0) is 19.4 Å². The summed E-state index contributed by atoms with van der Waals surface area (Å²) < 4.78 is 46.1. The molecule has 16 heavy (non-hydrogen) atoms. The summed E-state index contributed by atoms with van der Waals surface area (Å²) in [4.78, 5) is 0. The molecule has 0 bridgehead atoms. The Morgan fingerprint density at radius 2 is 1.62 bits per heavy atom. The molecular weight excluding hydrogens is 252 g/mol. The molecule has 0 aromatic rings. The van der Waals surface area contributed by atoms with Crippen LogP contribution in [0.5, 0.6) is 0 Å². The molecule has 0 saturated carbocycles. The van der Waals surface area contributed by atoms with Crippen molar-refractivity contribution < 1.29 is 16.8 Å². The molecule has 98 valence electrons. The predicted molar refractivity (Wildman–Crippen MR) is 64.4 cm³/mol. The van der Waals surface area contributed by atoms with Gasteiger partial charge in [0.1, 0.15) is 9.84 Å². The number of hydrogen-bond acceptors (Lipinski definition) is 5. The molecule has 0 heterocycles. The third-order valence-electron chi connectivity index (χ3n) is 2.11. The summed E-state index contributed by atoms with van der Waals surface area (Å²) in [5.74, 6) is -0.135. The van der Waals surface area contributed by atoms with Crippen LogP contribution in [0.4, 0.5) is 0 Å². The molecule has 0 aliphatic heterocycles. The highest BCUT2D eigenvalue weighted by Crippen LogP contribution is 2.02. The SMILES string of the molecule is CN(CCS(C)(=O)=O)S(=O)(=O)CCCCN. The predicted octanol–water partition coefficient (Wildman–Crippen LogP) is -0.968. The monoisotopic (exact) mass is 272 g/mol. The van der Waals surface area contributed by atoms with Crippen LogP contribution in [0.2, 0.25) is 0 Å². The highest BCUT2D eigenvalue weighted by atomic mass is 32.2. The van der Waals surface area contributed by atoms with E-state index in [-0.39, 0.29) is 18.1 Å². The fourth-order valence-electron chi connectivity index (χ4n) is 1.02. The fourth-order valence-corrected chi connectivity index (χ4v) is 2.99. The van der Waals surface area contributed by atoms with Gasteiger partial charge < -0.3 is 5.73 Å². The van der Waals surface area contributed by atoms with Crippen molar-refractivity contribution in [3.63, 3.8) is 0 Å². The molecular formula is C8H20N2O4S2. The second-order valence-electron chi connectivity index (χ2n) is 3.76. The topological polar surface area (TPSA) is 97.5 Å². The Balaban J connectivity index is 4.20. The van der Waals surface area contributed by atoms with Gasteiger partial charge in [-0.2, -0.15) is 0 Å². The second kappa shape index (κ2) is 6.53. The quantitative estimate of drug-likeness (QED) is 0.573. The van der Waals surface area contributed by atoms with Crippen LogP contribution in [0.3, 0.4) is 0 Å². The number of sulfonamides is 1. The van der Waals surface area contributed by atoms with Gasteiger partial charge in [0.2, 0.25) is 10.0 Å². The average molecular weight is 272 g/mol. The maximum absolute atomic E-state index is 11.6. The van der Waals surface area contributed by atoms with E-state index in [0.717, 1.165) is 10.6 Å². The molecule has 0 aliphatic carbocycles. The standard InChI is InChI=1S/C8H20N2O4S2/c1-10(6-8-15(2,11)12)16(13,14)7-4-3-5-9/h3-9H2,1-2H3. The molecule has 6 nitrogen and oxygen atoms in total. The van der Waals surface area contributed by atoms with Crippen LogP contribution < -0.4 is 5.73 Å². The van der Waals surface area contributed by atoms with Crippen LogP contribution in [0.15, 0.2) is 0 Å². The molecule has 0 aliphatic rings. The molecule has 2 N–H and O–H groups in total. The first-order valence-electron chi connectivity index (χ1n) is 5.01. The fraction of sp³-hybridized carbons (Fsp3) is 1.00. The van der Waals surface area contributed by atoms with Gasteiger partial charge in [0, 0.05) is 19.8 Å². The van der Waals surface area contributed by atoms with Crippen molar-refractivity contribution >= 4 is 19.9 Å². The van der Waals surface area contributed by atoms with E-state index >= 15 is 0 Å². The number of nitrogens with zero attached hydrogens (tertiary/aromatic N) is 1. The summed E-state index contributed by atoms with van der Waals surface area (Å²) in [6, 6.07) is 0. The molecule has 0 fully saturated rings. The second-order valence-corrected chi connectivity index (χ2v) is 8.22. The molecule has 8 heteroatoms. The van der Waals surface area contributed by atoms with Gasteiger partial charge in [-0.1, -0.05) is 0 Å². The van der Waals surface area contributed by atoms with E-state index in [2.05, 4.69) is 0 Å². The first kappa shape index (κ1) is 15.8. The molecule has 0 aromatic heterocycles. The lowest BCUT2D eigenvalue weighted by Crippen LogP contribution is -2.33. The number of unbranched alkanes of at least 4 members (excludes halogenated alkanes) is 1. The highest BCUT2D eigenvalue weighted by molar-refractivity contribution is 7.91. The first-order valence-corrected chi connectivity index (χ1v) is 8.68. The average Bonchev–Trinajstić information content (AvgIpc) is 2.13. The smallest absolute Gasteiger partial charge is 0.213 e. The van der Waals surface area contributed by atoms with Gasteiger partial charge in [-0.15, -0.1) is 0 Å². The lowest BCUT2D eigenvalue weighted by Gasteiger charge is -2.16. The minimum absolute atomic E-state index is 0.00376. The molecule has 0 radical (unpaired) electrons. The van der Waals surface area contributed by atoms with E-state index < -0.39 is 19.9 Å². The highest BCUT2D eigenvalue weighted by Gasteiger charge is 2.18. The summed E-state index contributed by atoms with van der Waals surface area (Å²) in [6.45, 7) is 0.465. The zero-order valence-electron chi connectivity index (χ0n) is 9.72. The molecule has 0 amide bonds. The van der Waals surface area contributed by atoms with Gasteiger partial charge in [0.05, 0.1) is 11.5 Å². The number of sulfone groups is 1. The van der Waals surface area contributed by atoms with Crippen LogP contribution in [0.25, 0.3) is 0 Å². The van der Waals surface area contributed by atoms with E-state index in [1.165, 1.54) is 7.05 Å². The van der Waals surface area contributed by atoms with Gasteiger partial charge in [0.25, 0.3) is 0 Å². The zero-order chi connectivity index (χ0) is 12.8. The molecule has 0 saturated heterocycles. The Morgan fingerprint density at radius 3 is 2.06 bits per heavy atom. The Bertz CT molecular complexity index is 388. The normalized spacial score (nSPS) is 13.2. The minimum Gasteiger partial charge on any atom is -0.330 e. The Morgan fingerprint density at radius 1 is 1.06 bits per heavy atom. The van der Waals surface area contributed by atoms with Crippen molar-refractivity contribution in [3.05, 3.63) is 0 Å². The van der Waals surface area contributed by atoms with Crippen LogP contribution in [-0.4, -0.2) is 59.0 Å². The third kappa shape index (κ3) is 7.15. The van der Waals surface area contributed by atoms with Crippen LogP contribution in [0.1, 0.15) is 12.8 Å². The summed E-state index contributed by atoms with van der Waals surface area (Å²) in [5.41, 5.74) is 5.26. The lowest BCUT2D eigenvalue weighted by atomic mass is 10.3. The Labute approximate surface area is 97.8 Å². The summed E-state index contributed by atoms with van der Waals surface area (Å²) in [5, 5.41) is 0. The number of hydrogen-bond donors (Lipinski definition) is 1. The van der Waals surface area contributed by atoms with E-state index in [9.17, 15) is 16.8 Å². The lowest BCUT2D eigenvalue weighted by molar-refractivity contribution is 0.482. The maximum Gasteiger partial charge on any atom is 0.213 e. The van der Waals surface area contributed by atoms with Gasteiger partial charge >= 0.3 is 0 Å². The summed E-state index contributed by atoms with van der Waals surface area (Å²) >= 11 is 0. The van der Waals surface area contributed by atoms with Crippen molar-refractivity contribution in [2.24, 2.45) is 5.73 Å². The molecule has 0 aromatic carbocycles. The largest absolute Gasteiger partial charge is 0.330 e. The molecule has 0 unspecified atom stereocenters. The number of rotatable bonds is 8.